The number of amides is 1. The Morgan fingerprint density at radius 1 is 1.10 bits per heavy atom. The molecule has 2 N–H and O–H groups in total. The highest BCUT2D eigenvalue weighted by molar-refractivity contribution is 5.90. The summed E-state index contributed by atoms with van der Waals surface area (Å²) in [6, 6.07) is 20.7. The highest BCUT2D eigenvalue weighted by Gasteiger charge is 2.22. The third kappa shape index (κ3) is 4.61. The number of carbonyl (C=O) groups is 1. The minimum Gasteiger partial charge on any atom is -0.504 e. The Morgan fingerprint density at radius 2 is 1.67 bits per heavy atom. The second kappa shape index (κ2) is 9.33. The van der Waals surface area contributed by atoms with Gasteiger partial charge in [-0.15, -0.1) is 0 Å². The number of hydrogen-bond acceptors (Lipinski definition) is 6. The molecule has 0 aromatic heterocycles. The summed E-state index contributed by atoms with van der Waals surface area (Å²) in [5.74, 6) is -1.37. The molecule has 152 valence electrons. The molecule has 0 radical (unpaired) electrons. The number of non-ortho nitro benzene ring substituents is 1. The first-order valence-electron chi connectivity index (χ1n) is 8.99. The van der Waals surface area contributed by atoms with Crippen molar-refractivity contribution in [3.05, 3.63) is 99.6 Å². The Kier molecular flexibility index (Phi) is 6.39. The van der Waals surface area contributed by atoms with E-state index in [4.69, 9.17) is 4.74 Å². The van der Waals surface area contributed by atoms with Crippen LogP contribution in [-0.2, 0) is 4.79 Å². The van der Waals surface area contributed by atoms with Crippen LogP contribution >= 0.6 is 0 Å². The van der Waals surface area contributed by atoms with Crippen LogP contribution < -0.4 is 10.2 Å². The first-order valence-corrected chi connectivity index (χ1v) is 8.99. The standard InChI is InChI=1S/C22H19N3O5/c1-30-19-13-18(25(28)29)12-17(21(19)26)14-23-24-22(27)20(15-8-4-2-5-9-15)16-10-6-3-7-11-16/h2-14,20,26H,1H3,(H,24,27)/b23-14-. The Balaban J connectivity index is 1.87. The molecule has 0 saturated heterocycles. The average Bonchev–Trinajstić information content (AvgIpc) is 2.76. The summed E-state index contributed by atoms with van der Waals surface area (Å²) >= 11 is 0. The Morgan fingerprint density at radius 3 is 2.17 bits per heavy atom. The van der Waals surface area contributed by atoms with Gasteiger partial charge in [-0.3, -0.25) is 14.9 Å². The van der Waals surface area contributed by atoms with Gasteiger partial charge in [-0.05, 0) is 11.1 Å². The van der Waals surface area contributed by atoms with E-state index in [1.807, 2.05) is 60.7 Å². The van der Waals surface area contributed by atoms with E-state index in [9.17, 15) is 20.0 Å². The first kappa shape index (κ1) is 20.5. The molecule has 3 aromatic carbocycles. The van der Waals surface area contributed by atoms with Gasteiger partial charge in [0.1, 0.15) is 0 Å². The summed E-state index contributed by atoms with van der Waals surface area (Å²) in [5, 5.41) is 25.1. The van der Waals surface area contributed by atoms with E-state index in [0.717, 1.165) is 29.5 Å². The zero-order valence-corrected chi connectivity index (χ0v) is 16.1. The molecule has 30 heavy (non-hydrogen) atoms. The maximum absolute atomic E-state index is 12.9. The van der Waals surface area contributed by atoms with Crippen LogP contribution in [0.1, 0.15) is 22.6 Å². The molecule has 0 bridgehead atoms. The number of hydrazone groups is 1. The van der Waals surface area contributed by atoms with Gasteiger partial charge in [-0.25, -0.2) is 5.43 Å². The summed E-state index contributed by atoms with van der Waals surface area (Å²) < 4.78 is 4.95. The fourth-order valence-corrected chi connectivity index (χ4v) is 2.99. The Hall–Kier alpha value is -4.20. The SMILES string of the molecule is COc1cc([N+](=O)[O-])cc(/C=N\NC(=O)C(c2ccccc2)c2ccccc2)c1O. The lowest BCUT2D eigenvalue weighted by Gasteiger charge is -2.16. The number of nitrogens with zero attached hydrogens (tertiary/aromatic N) is 2. The molecule has 0 aliphatic carbocycles. The van der Waals surface area contributed by atoms with Crippen LogP contribution in [0.25, 0.3) is 0 Å². The van der Waals surface area contributed by atoms with Crippen LogP contribution in [0, 0.1) is 10.1 Å². The molecule has 8 nitrogen and oxygen atoms in total. The molecule has 1 amide bonds. The van der Waals surface area contributed by atoms with Gasteiger partial charge < -0.3 is 9.84 Å². The van der Waals surface area contributed by atoms with Gasteiger partial charge in [-0.1, -0.05) is 60.7 Å². The van der Waals surface area contributed by atoms with Crippen molar-refractivity contribution in [2.45, 2.75) is 5.92 Å². The van der Waals surface area contributed by atoms with Gasteiger partial charge >= 0.3 is 0 Å². The lowest BCUT2D eigenvalue weighted by atomic mass is 9.91. The first-order chi connectivity index (χ1) is 14.5. The van der Waals surface area contributed by atoms with Crippen LogP contribution in [0.15, 0.2) is 77.9 Å². The normalized spacial score (nSPS) is 10.9. The van der Waals surface area contributed by atoms with Gasteiger partial charge in [0, 0.05) is 11.6 Å². The molecule has 0 fully saturated rings. The molecule has 3 aromatic rings. The van der Waals surface area contributed by atoms with E-state index in [1.54, 1.807) is 0 Å². The van der Waals surface area contributed by atoms with Crippen molar-refractivity contribution >= 4 is 17.8 Å². The van der Waals surface area contributed by atoms with E-state index in [2.05, 4.69) is 10.5 Å². The molecule has 0 aliphatic heterocycles. The molecule has 0 unspecified atom stereocenters. The quantitative estimate of drug-likeness (QED) is 0.354. The molecule has 0 aliphatic rings. The fourth-order valence-electron chi connectivity index (χ4n) is 2.99. The average molecular weight is 405 g/mol. The number of phenolic OH excluding ortho intramolecular Hbond substituents is 1. The van der Waals surface area contributed by atoms with Crippen molar-refractivity contribution < 1.29 is 19.6 Å². The molecule has 0 atom stereocenters. The van der Waals surface area contributed by atoms with Crippen molar-refractivity contribution in [1.82, 2.24) is 5.43 Å². The van der Waals surface area contributed by atoms with Crippen LogP contribution in [0.5, 0.6) is 11.5 Å². The van der Waals surface area contributed by atoms with Crippen LogP contribution in [-0.4, -0.2) is 29.3 Å². The number of nitro groups is 1. The topological polar surface area (TPSA) is 114 Å². The zero-order chi connectivity index (χ0) is 21.5. The number of methoxy groups -OCH3 is 1. The summed E-state index contributed by atoms with van der Waals surface area (Å²) in [4.78, 5) is 23.4. The lowest BCUT2D eigenvalue weighted by Crippen LogP contribution is -2.26. The summed E-state index contributed by atoms with van der Waals surface area (Å²) in [5.41, 5.74) is 3.79. The largest absolute Gasteiger partial charge is 0.504 e. The van der Waals surface area contributed by atoms with Crippen molar-refractivity contribution in [1.29, 1.82) is 0 Å². The maximum atomic E-state index is 12.9. The van der Waals surface area contributed by atoms with Crippen LogP contribution in [0.4, 0.5) is 5.69 Å². The smallest absolute Gasteiger partial charge is 0.274 e. The molecule has 3 rings (SSSR count). The Labute approximate surface area is 172 Å². The van der Waals surface area contributed by atoms with Gasteiger partial charge in [0.05, 0.1) is 30.2 Å². The van der Waals surface area contributed by atoms with Gasteiger partial charge in [0.15, 0.2) is 11.5 Å². The van der Waals surface area contributed by atoms with Gasteiger partial charge in [-0.2, -0.15) is 5.10 Å². The molecule has 0 saturated carbocycles. The van der Waals surface area contributed by atoms with E-state index < -0.39 is 10.8 Å². The van der Waals surface area contributed by atoms with Gasteiger partial charge in [0.25, 0.3) is 11.6 Å². The van der Waals surface area contributed by atoms with E-state index >= 15 is 0 Å². The van der Waals surface area contributed by atoms with E-state index in [1.165, 1.54) is 7.11 Å². The molecular weight excluding hydrogens is 386 g/mol. The highest BCUT2D eigenvalue weighted by atomic mass is 16.6. The predicted molar refractivity (Wildman–Crippen MR) is 112 cm³/mol. The summed E-state index contributed by atoms with van der Waals surface area (Å²) in [6.07, 6.45) is 1.13. The van der Waals surface area contributed by atoms with Crippen molar-refractivity contribution in [2.24, 2.45) is 5.10 Å². The number of ether oxygens (including phenoxy) is 1. The van der Waals surface area contributed by atoms with Crippen LogP contribution in [0.3, 0.4) is 0 Å². The van der Waals surface area contributed by atoms with Crippen LogP contribution in [0.2, 0.25) is 0 Å². The van der Waals surface area contributed by atoms with Crippen molar-refractivity contribution in [3.63, 3.8) is 0 Å². The van der Waals surface area contributed by atoms with Crippen molar-refractivity contribution in [3.8, 4) is 11.5 Å². The third-order valence-electron chi connectivity index (χ3n) is 4.43. The summed E-state index contributed by atoms with van der Waals surface area (Å²) in [7, 11) is 1.28. The number of benzene rings is 3. The number of aromatic hydroxyl groups is 1. The zero-order valence-electron chi connectivity index (χ0n) is 16.1. The Bertz CT molecular complexity index is 1030. The molecule has 0 heterocycles. The highest BCUT2D eigenvalue weighted by Crippen LogP contribution is 2.33. The van der Waals surface area contributed by atoms with Crippen molar-refractivity contribution in [2.75, 3.05) is 7.11 Å². The monoisotopic (exact) mass is 405 g/mol. The number of rotatable bonds is 7. The second-order valence-corrected chi connectivity index (χ2v) is 6.33. The number of nitro benzene ring substituents is 1. The maximum Gasteiger partial charge on any atom is 0.274 e. The number of hydrogen-bond donors (Lipinski definition) is 2. The second-order valence-electron chi connectivity index (χ2n) is 6.33. The summed E-state index contributed by atoms with van der Waals surface area (Å²) in [6.45, 7) is 0. The van der Waals surface area contributed by atoms with E-state index in [-0.39, 0.29) is 28.7 Å². The fraction of sp³-hybridized carbons (Fsp3) is 0.0909. The number of nitrogens with one attached hydrogen (secondary N) is 1. The molecule has 0 spiro atoms. The lowest BCUT2D eigenvalue weighted by molar-refractivity contribution is -0.385. The predicted octanol–water partition coefficient (Wildman–Crippen LogP) is 3.59. The molecular formula is C22H19N3O5. The third-order valence-corrected chi connectivity index (χ3v) is 4.43. The number of carbonyl (C=O) groups excluding carboxylic acids is 1. The number of phenols is 1. The van der Waals surface area contributed by atoms with E-state index in [0.29, 0.717) is 0 Å². The molecule has 8 heteroatoms. The minimum atomic E-state index is -0.612. The minimum absolute atomic E-state index is 0.0392. The van der Waals surface area contributed by atoms with Gasteiger partial charge in [0.2, 0.25) is 0 Å².